The fourth-order valence-corrected chi connectivity index (χ4v) is 2.29. The Hall–Kier alpha value is -1.52. The van der Waals surface area contributed by atoms with Crippen molar-refractivity contribution >= 4 is 33.8 Å². The number of halogens is 1. The van der Waals surface area contributed by atoms with Gasteiger partial charge in [-0.25, -0.2) is 4.98 Å². The molecular weight excluding hydrogens is 242 g/mol. The molecule has 0 saturated heterocycles. The summed E-state index contributed by atoms with van der Waals surface area (Å²) in [4.78, 5) is 4.51. The summed E-state index contributed by atoms with van der Waals surface area (Å²) < 4.78 is 0.435. The highest BCUT2D eigenvalue weighted by molar-refractivity contribution is 7.18. The van der Waals surface area contributed by atoms with Gasteiger partial charge in [0.15, 0.2) is 5.01 Å². The predicted octanol–water partition coefficient (Wildman–Crippen LogP) is 3.41. The number of hydrogen-bond donors (Lipinski definition) is 0. The van der Waals surface area contributed by atoms with Crippen LogP contribution in [0.15, 0.2) is 36.4 Å². The van der Waals surface area contributed by atoms with Gasteiger partial charge >= 0.3 is 0 Å². The van der Waals surface area contributed by atoms with Crippen LogP contribution in [0, 0.1) is 0 Å². The molecular formula is C11H6ClN3S. The van der Waals surface area contributed by atoms with Crippen LogP contribution in [0.4, 0.5) is 0 Å². The molecule has 0 aliphatic heterocycles. The van der Waals surface area contributed by atoms with E-state index in [4.69, 9.17) is 11.6 Å². The molecule has 78 valence electrons. The van der Waals surface area contributed by atoms with Crippen molar-refractivity contribution in [2.75, 3.05) is 0 Å². The molecule has 0 aliphatic rings. The molecule has 0 aliphatic carbocycles. The zero-order valence-electron chi connectivity index (χ0n) is 8.09. The first-order valence-corrected chi connectivity index (χ1v) is 5.87. The standard InChI is InChI=1S/C11H6ClN3S/c12-11-15-14-10(16-11)9-6-5-7-3-1-2-4-8(7)13-9/h1-6H. The summed E-state index contributed by atoms with van der Waals surface area (Å²) in [5.74, 6) is 0. The Morgan fingerprint density at radius 1 is 1.00 bits per heavy atom. The van der Waals surface area contributed by atoms with Gasteiger partial charge in [-0.2, -0.15) is 0 Å². The molecule has 2 heterocycles. The Kier molecular flexibility index (Phi) is 2.31. The van der Waals surface area contributed by atoms with Crippen LogP contribution >= 0.6 is 22.9 Å². The second-order valence-electron chi connectivity index (χ2n) is 3.25. The highest BCUT2D eigenvalue weighted by Gasteiger charge is 2.06. The van der Waals surface area contributed by atoms with Crippen LogP contribution in [-0.2, 0) is 0 Å². The highest BCUT2D eigenvalue weighted by Crippen LogP contribution is 2.25. The van der Waals surface area contributed by atoms with E-state index < -0.39 is 0 Å². The topological polar surface area (TPSA) is 38.7 Å². The molecule has 0 saturated carbocycles. The molecule has 0 N–H and O–H groups in total. The fraction of sp³-hybridized carbons (Fsp3) is 0. The zero-order chi connectivity index (χ0) is 11.0. The second-order valence-corrected chi connectivity index (χ2v) is 4.81. The third-order valence-corrected chi connectivity index (χ3v) is 3.26. The zero-order valence-corrected chi connectivity index (χ0v) is 9.66. The summed E-state index contributed by atoms with van der Waals surface area (Å²) in [5.41, 5.74) is 1.76. The van der Waals surface area contributed by atoms with E-state index >= 15 is 0 Å². The van der Waals surface area contributed by atoms with Gasteiger partial charge in [0.2, 0.25) is 4.47 Å². The predicted molar refractivity (Wildman–Crippen MR) is 65.7 cm³/mol. The second kappa shape index (κ2) is 3.81. The number of pyridine rings is 1. The Morgan fingerprint density at radius 3 is 2.69 bits per heavy atom. The van der Waals surface area contributed by atoms with Crippen molar-refractivity contribution in [3.05, 3.63) is 40.9 Å². The average Bonchev–Trinajstić information content (AvgIpc) is 2.75. The lowest BCUT2D eigenvalue weighted by atomic mass is 10.2. The summed E-state index contributed by atoms with van der Waals surface area (Å²) in [5, 5.41) is 9.59. The number of benzene rings is 1. The summed E-state index contributed by atoms with van der Waals surface area (Å²) in [6.45, 7) is 0. The van der Waals surface area contributed by atoms with Crippen molar-refractivity contribution in [2.45, 2.75) is 0 Å². The van der Waals surface area contributed by atoms with Gasteiger partial charge in [0.05, 0.1) is 5.52 Å². The quantitative estimate of drug-likeness (QED) is 0.662. The van der Waals surface area contributed by atoms with Gasteiger partial charge in [-0.1, -0.05) is 35.6 Å². The highest BCUT2D eigenvalue weighted by atomic mass is 35.5. The maximum Gasteiger partial charge on any atom is 0.207 e. The Morgan fingerprint density at radius 2 is 1.88 bits per heavy atom. The molecule has 5 heteroatoms. The molecule has 1 aromatic carbocycles. The van der Waals surface area contributed by atoms with Gasteiger partial charge < -0.3 is 0 Å². The maximum atomic E-state index is 5.75. The minimum Gasteiger partial charge on any atom is -0.245 e. The first-order valence-electron chi connectivity index (χ1n) is 4.68. The molecule has 0 spiro atoms. The van der Waals surface area contributed by atoms with Crippen LogP contribution in [-0.4, -0.2) is 15.2 Å². The van der Waals surface area contributed by atoms with Gasteiger partial charge in [0.25, 0.3) is 0 Å². The molecule has 3 nitrogen and oxygen atoms in total. The third-order valence-electron chi connectivity index (χ3n) is 2.22. The molecule has 2 aromatic heterocycles. The van der Waals surface area contributed by atoms with Crippen LogP contribution in [0.25, 0.3) is 21.6 Å². The molecule has 16 heavy (non-hydrogen) atoms. The SMILES string of the molecule is Clc1nnc(-c2ccc3ccccc3n2)s1. The summed E-state index contributed by atoms with van der Waals surface area (Å²) in [7, 11) is 0. The van der Waals surface area contributed by atoms with Gasteiger partial charge in [0, 0.05) is 5.39 Å². The molecule has 0 bridgehead atoms. The minimum absolute atomic E-state index is 0.435. The van der Waals surface area contributed by atoms with E-state index in [1.165, 1.54) is 11.3 Å². The summed E-state index contributed by atoms with van der Waals surface area (Å²) >= 11 is 7.08. The minimum atomic E-state index is 0.435. The largest absolute Gasteiger partial charge is 0.245 e. The monoisotopic (exact) mass is 247 g/mol. The van der Waals surface area contributed by atoms with Crippen LogP contribution in [0.1, 0.15) is 0 Å². The van der Waals surface area contributed by atoms with Crippen LogP contribution < -0.4 is 0 Å². The number of fused-ring (bicyclic) bond motifs is 1. The molecule has 0 unspecified atom stereocenters. The lowest BCUT2D eigenvalue weighted by Crippen LogP contribution is -1.84. The number of rotatable bonds is 1. The lowest BCUT2D eigenvalue weighted by molar-refractivity contribution is 1.09. The summed E-state index contributed by atoms with van der Waals surface area (Å²) in [6, 6.07) is 11.9. The molecule has 0 amide bonds. The molecule has 0 radical (unpaired) electrons. The number of para-hydroxylation sites is 1. The normalized spacial score (nSPS) is 10.8. The fourth-order valence-electron chi connectivity index (χ4n) is 1.49. The van der Waals surface area contributed by atoms with Gasteiger partial charge in [-0.3, -0.25) is 0 Å². The Balaban J connectivity index is 2.18. The Labute approximate surface area is 101 Å². The van der Waals surface area contributed by atoms with E-state index in [1.54, 1.807) is 0 Å². The third kappa shape index (κ3) is 1.66. The van der Waals surface area contributed by atoms with Crippen molar-refractivity contribution in [2.24, 2.45) is 0 Å². The van der Waals surface area contributed by atoms with Gasteiger partial charge in [-0.05, 0) is 23.7 Å². The summed E-state index contributed by atoms with van der Waals surface area (Å²) in [6.07, 6.45) is 0. The van der Waals surface area contributed by atoms with E-state index in [-0.39, 0.29) is 0 Å². The van der Waals surface area contributed by atoms with E-state index in [1.807, 2.05) is 36.4 Å². The van der Waals surface area contributed by atoms with Crippen LogP contribution in [0.2, 0.25) is 4.47 Å². The van der Waals surface area contributed by atoms with Crippen LogP contribution in [0.3, 0.4) is 0 Å². The van der Waals surface area contributed by atoms with Crippen molar-refractivity contribution < 1.29 is 0 Å². The van der Waals surface area contributed by atoms with Crippen LogP contribution in [0.5, 0.6) is 0 Å². The van der Waals surface area contributed by atoms with Crippen molar-refractivity contribution in [1.82, 2.24) is 15.2 Å². The van der Waals surface area contributed by atoms with E-state index in [2.05, 4.69) is 15.2 Å². The molecule has 0 atom stereocenters. The molecule has 3 rings (SSSR count). The van der Waals surface area contributed by atoms with Crippen molar-refractivity contribution in [3.63, 3.8) is 0 Å². The molecule has 3 aromatic rings. The van der Waals surface area contributed by atoms with Crippen molar-refractivity contribution in [1.29, 1.82) is 0 Å². The number of hydrogen-bond acceptors (Lipinski definition) is 4. The van der Waals surface area contributed by atoms with Gasteiger partial charge in [-0.15, -0.1) is 10.2 Å². The van der Waals surface area contributed by atoms with E-state index in [0.29, 0.717) is 4.47 Å². The number of nitrogens with zero attached hydrogens (tertiary/aromatic N) is 3. The lowest BCUT2D eigenvalue weighted by Gasteiger charge is -1.98. The van der Waals surface area contributed by atoms with Gasteiger partial charge in [0.1, 0.15) is 5.69 Å². The smallest absolute Gasteiger partial charge is 0.207 e. The Bertz CT molecular complexity index is 650. The van der Waals surface area contributed by atoms with Crippen molar-refractivity contribution in [3.8, 4) is 10.7 Å². The first-order chi connectivity index (χ1) is 7.83. The average molecular weight is 248 g/mol. The number of aromatic nitrogens is 3. The van der Waals surface area contributed by atoms with E-state index in [0.717, 1.165) is 21.6 Å². The van der Waals surface area contributed by atoms with E-state index in [9.17, 15) is 0 Å². The first kappa shape index (κ1) is 9.69. The maximum absolute atomic E-state index is 5.75. The molecule has 0 fully saturated rings.